The van der Waals surface area contributed by atoms with E-state index in [9.17, 15) is 17.6 Å². The monoisotopic (exact) mass is 397 g/mol. The van der Waals surface area contributed by atoms with Crippen molar-refractivity contribution in [2.24, 2.45) is 5.92 Å². The second-order valence-electron chi connectivity index (χ2n) is 7.57. The number of nitrogens with one attached hydrogen (secondary N) is 1. The molecule has 1 aromatic rings. The van der Waals surface area contributed by atoms with E-state index in [2.05, 4.69) is 5.43 Å². The van der Waals surface area contributed by atoms with Gasteiger partial charge in [0, 0.05) is 32.6 Å². The van der Waals surface area contributed by atoms with E-state index in [1.807, 2.05) is 5.01 Å². The highest BCUT2D eigenvalue weighted by molar-refractivity contribution is 7.89. The van der Waals surface area contributed by atoms with Crippen molar-refractivity contribution in [3.8, 4) is 0 Å². The van der Waals surface area contributed by atoms with Gasteiger partial charge in [-0.1, -0.05) is 12.5 Å². The SMILES string of the molecule is Cc1ccc(F)cc1S(=O)(=O)N1CCCC(CC(=O)NN2CCCCC2)C1. The average molecular weight is 398 g/mol. The Balaban J connectivity index is 1.63. The second kappa shape index (κ2) is 8.67. The summed E-state index contributed by atoms with van der Waals surface area (Å²) in [6.45, 7) is 4.11. The van der Waals surface area contributed by atoms with Gasteiger partial charge < -0.3 is 0 Å². The summed E-state index contributed by atoms with van der Waals surface area (Å²) < 4.78 is 40.9. The van der Waals surface area contributed by atoms with Gasteiger partial charge in [-0.3, -0.25) is 10.2 Å². The standard InChI is InChI=1S/C19H28FN3O3S/c1-15-7-8-17(20)13-18(15)27(25,26)23-11-5-6-16(14-23)12-19(24)21-22-9-3-2-4-10-22/h7-8,13,16H,2-6,9-12,14H2,1H3,(H,21,24). The van der Waals surface area contributed by atoms with E-state index in [0.717, 1.165) is 38.4 Å². The third kappa shape index (κ3) is 5.06. The Morgan fingerprint density at radius 1 is 1.19 bits per heavy atom. The van der Waals surface area contributed by atoms with Gasteiger partial charge in [-0.05, 0) is 56.2 Å². The van der Waals surface area contributed by atoms with E-state index >= 15 is 0 Å². The van der Waals surface area contributed by atoms with Crippen molar-refractivity contribution >= 4 is 15.9 Å². The lowest BCUT2D eigenvalue weighted by molar-refractivity contribution is -0.127. The lowest BCUT2D eigenvalue weighted by atomic mass is 9.96. The van der Waals surface area contributed by atoms with Gasteiger partial charge >= 0.3 is 0 Å². The number of hydrazine groups is 1. The Bertz CT molecular complexity index is 778. The Hall–Kier alpha value is -1.51. The lowest BCUT2D eigenvalue weighted by Gasteiger charge is -2.33. The molecule has 1 unspecified atom stereocenters. The van der Waals surface area contributed by atoms with Crippen molar-refractivity contribution in [3.05, 3.63) is 29.6 Å². The zero-order valence-electron chi connectivity index (χ0n) is 15.8. The van der Waals surface area contributed by atoms with Crippen molar-refractivity contribution in [1.82, 2.24) is 14.7 Å². The Morgan fingerprint density at radius 2 is 1.93 bits per heavy atom. The van der Waals surface area contributed by atoms with Crippen LogP contribution >= 0.6 is 0 Å². The molecule has 1 N–H and O–H groups in total. The fraction of sp³-hybridized carbons (Fsp3) is 0.632. The number of hydrogen-bond donors (Lipinski definition) is 1. The van der Waals surface area contributed by atoms with Crippen molar-refractivity contribution < 1.29 is 17.6 Å². The quantitative estimate of drug-likeness (QED) is 0.829. The van der Waals surface area contributed by atoms with Crippen LogP contribution in [0.5, 0.6) is 0 Å². The summed E-state index contributed by atoms with van der Waals surface area (Å²) in [6, 6.07) is 3.82. The van der Waals surface area contributed by atoms with Gasteiger partial charge in [0.05, 0.1) is 4.90 Å². The van der Waals surface area contributed by atoms with Crippen LogP contribution in [0, 0.1) is 18.7 Å². The largest absolute Gasteiger partial charge is 0.289 e. The first kappa shape index (κ1) is 20.2. The highest BCUT2D eigenvalue weighted by Crippen LogP contribution is 2.27. The van der Waals surface area contributed by atoms with Gasteiger partial charge in [0.1, 0.15) is 5.82 Å². The number of carbonyl (C=O) groups excluding carboxylic acids is 1. The van der Waals surface area contributed by atoms with E-state index in [4.69, 9.17) is 0 Å². The fourth-order valence-electron chi connectivity index (χ4n) is 3.89. The Labute approximate surface area is 160 Å². The van der Waals surface area contributed by atoms with Gasteiger partial charge in [0.15, 0.2) is 0 Å². The predicted molar refractivity (Wildman–Crippen MR) is 101 cm³/mol. The van der Waals surface area contributed by atoms with Crippen molar-refractivity contribution in [1.29, 1.82) is 0 Å². The van der Waals surface area contributed by atoms with Gasteiger partial charge in [0.2, 0.25) is 15.9 Å². The smallest absolute Gasteiger partial charge is 0.243 e. The number of rotatable bonds is 5. The van der Waals surface area contributed by atoms with Crippen LogP contribution in [0.4, 0.5) is 4.39 Å². The molecule has 1 aromatic carbocycles. The molecule has 2 saturated heterocycles. The summed E-state index contributed by atoms with van der Waals surface area (Å²) >= 11 is 0. The number of nitrogens with zero attached hydrogens (tertiary/aromatic N) is 2. The van der Waals surface area contributed by atoms with Crippen LogP contribution in [0.3, 0.4) is 0 Å². The first-order chi connectivity index (χ1) is 12.9. The van der Waals surface area contributed by atoms with E-state index in [1.165, 1.54) is 22.9 Å². The van der Waals surface area contributed by atoms with E-state index in [0.29, 0.717) is 31.5 Å². The minimum absolute atomic E-state index is 0.0147. The number of halogens is 1. The normalized spacial score (nSPS) is 22.5. The molecule has 0 aromatic heterocycles. The molecule has 2 heterocycles. The maximum Gasteiger partial charge on any atom is 0.243 e. The Morgan fingerprint density at radius 3 is 2.67 bits per heavy atom. The summed E-state index contributed by atoms with van der Waals surface area (Å²) in [4.78, 5) is 12.3. The first-order valence-corrected chi connectivity index (χ1v) is 11.1. The maximum absolute atomic E-state index is 13.6. The summed E-state index contributed by atoms with van der Waals surface area (Å²) in [5.74, 6) is -0.635. The van der Waals surface area contributed by atoms with Crippen LogP contribution in [0.2, 0.25) is 0 Å². The molecule has 3 rings (SSSR count). The summed E-state index contributed by atoms with van der Waals surface area (Å²) in [6.07, 6.45) is 5.20. The van der Waals surface area contributed by atoms with Gasteiger partial charge in [0.25, 0.3) is 0 Å². The van der Waals surface area contributed by atoms with Gasteiger partial charge in [-0.15, -0.1) is 0 Å². The molecule has 2 aliphatic rings. The molecule has 2 fully saturated rings. The lowest BCUT2D eigenvalue weighted by Crippen LogP contribution is -2.47. The van der Waals surface area contributed by atoms with Crippen LogP contribution in [0.1, 0.15) is 44.1 Å². The molecular weight excluding hydrogens is 369 g/mol. The van der Waals surface area contributed by atoms with Crippen LogP contribution in [0.25, 0.3) is 0 Å². The topological polar surface area (TPSA) is 69.7 Å². The molecule has 150 valence electrons. The number of hydrogen-bond acceptors (Lipinski definition) is 4. The molecule has 8 heteroatoms. The minimum atomic E-state index is -3.76. The van der Waals surface area contributed by atoms with Gasteiger partial charge in [-0.25, -0.2) is 17.8 Å². The molecule has 0 bridgehead atoms. The molecule has 0 saturated carbocycles. The van der Waals surface area contributed by atoms with Crippen LogP contribution in [-0.4, -0.2) is 49.8 Å². The molecule has 1 atom stereocenters. The van der Waals surface area contributed by atoms with Crippen molar-refractivity contribution in [3.63, 3.8) is 0 Å². The predicted octanol–water partition coefficient (Wildman–Crippen LogP) is 2.44. The van der Waals surface area contributed by atoms with E-state index in [1.54, 1.807) is 6.92 Å². The summed E-state index contributed by atoms with van der Waals surface area (Å²) in [5, 5.41) is 1.96. The number of amides is 1. The maximum atomic E-state index is 13.6. The summed E-state index contributed by atoms with van der Waals surface area (Å²) in [7, 11) is -3.76. The van der Waals surface area contributed by atoms with E-state index < -0.39 is 15.8 Å². The molecule has 1 amide bonds. The molecular formula is C19H28FN3O3S. The third-order valence-corrected chi connectivity index (χ3v) is 7.37. The highest BCUT2D eigenvalue weighted by atomic mass is 32.2. The van der Waals surface area contributed by atoms with Crippen LogP contribution in [0.15, 0.2) is 23.1 Å². The van der Waals surface area contributed by atoms with Crippen molar-refractivity contribution in [2.75, 3.05) is 26.2 Å². The van der Waals surface area contributed by atoms with Crippen LogP contribution < -0.4 is 5.43 Å². The zero-order chi connectivity index (χ0) is 19.4. The molecule has 0 spiro atoms. The van der Waals surface area contributed by atoms with Gasteiger partial charge in [-0.2, -0.15) is 4.31 Å². The minimum Gasteiger partial charge on any atom is -0.289 e. The number of piperidine rings is 2. The molecule has 0 aliphatic carbocycles. The number of sulfonamides is 1. The average Bonchev–Trinajstić information content (AvgIpc) is 2.64. The molecule has 2 aliphatic heterocycles. The molecule has 27 heavy (non-hydrogen) atoms. The highest BCUT2D eigenvalue weighted by Gasteiger charge is 2.32. The molecule has 6 nitrogen and oxygen atoms in total. The van der Waals surface area contributed by atoms with E-state index in [-0.39, 0.29) is 16.7 Å². The molecule has 0 radical (unpaired) electrons. The fourth-order valence-corrected chi connectivity index (χ4v) is 5.68. The Kier molecular flexibility index (Phi) is 6.49. The van der Waals surface area contributed by atoms with Crippen LogP contribution in [-0.2, 0) is 14.8 Å². The first-order valence-electron chi connectivity index (χ1n) is 9.67. The summed E-state index contributed by atoms with van der Waals surface area (Å²) in [5.41, 5.74) is 3.47. The van der Waals surface area contributed by atoms with Crippen molar-refractivity contribution in [2.45, 2.75) is 50.3 Å². The number of benzene rings is 1. The zero-order valence-corrected chi connectivity index (χ0v) is 16.6. The third-order valence-electron chi connectivity index (χ3n) is 5.36. The number of carbonyl (C=O) groups is 1. The second-order valence-corrected chi connectivity index (χ2v) is 9.47. The number of aryl methyl sites for hydroxylation is 1.